The summed E-state index contributed by atoms with van der Waals surface area (Å²) in [6.07, 6.45) is 0.788. The fraction of sp³-hybridized carbons (Fsp3) is 0.360. The van der Waals surface area contributed by atoms with E-state index in [0.717, 1.165) is 49.3 Å². The topological polar surface area (TPSA) is 52.7 Å². The highest BCUT2D eigenvalue weighted by molar-refractivity contribution is 5.94. The molecule has 30 heavy (non-hydrogen) atoms. The average molecular weight is 404 g/mol. The lowest BCUT2D eigenvalue weighted by molar-refractivity contribution is -0.119. The van der Waals surface area contributed by atoms with Gasteiger partial charge in [-0.15, -0.1) is 0 Å². The molecule has 1 saturated heterocycles. The third-order valence-corrected chi connectivity index (χ3v) is 5.22. The van der Waals surface area contributed by atoms with Gasteiger partial charge in [-0.3, -0.25) is 9.59 Å². The van der Waals surface area contributed by atoms with Crippen LogP contribution in [0.1, 0.15) is 40.9 Å². The van der Waals surface area contributed by atoms with Gasteiger partial charge < -0.3 is 15.1 Å². The molecule has 5 nitrogen and oxygen atoms in total. The van der Waals surface area contributed by atoms with E-state index in [1.54, 1.807) is 0 Å². The summed E-state index contributed by atoms with van der Waals surface area (Å²) in [7, 11) is 2.08. The van der Waals surface area contributed by atoms with Crippen LogP contribution in [0.2, 0.25) is 0 Å². The highest BCUT2D eigenvalue weighted by Gasteiger charge is 2.19. The van der Waals surface area contributed by atoms with E-state index < -0.39 is 0 Å². The quantitative estimate of drug-likeness (QED) is 0.799. The summed E-state index contributed by atoms with van der Waals surface area (Å²) in [5.41, 5.74) is 3.69. The molecule has 2 aromatic rings. The van der Waals surface area contributed by atoms with Crippen LogP contribution in [0.3, 0.4) is 0 Å². The SMILES string of the molecule is CC(=O)NC(C)Cc1ccc(C#Cc2ccc(C(=O)N3CCN(C)CC3)cc2)cc1. The molecule has 1 N–H and O–H groups in total. The number of piperazine rings is 1. The first-order valence-corrected chi connectivity index (χ1v) is 10.4. The van der Waals surface area contributed by atoms with Gasteiger partial charge in [0, 0.05) is 55.8 Å². The smallest absolute Gasteiger partial charge is 0.253 e. The number of hydrogen-bond donors (Lipinski definition) is 1. The van der Waals surface area contributed by atoms with Crippen LogP contribution in [-0.2, 0) is 11.2 Å². The second-order valence-electron chi connectivity index (χ2n) is 7.93. The first-order chi connectivity index (χ1) is 14.4. The number of likely N-dealkylation sites (N-methyl/N-ethyl adjacent to an activating group) is 1. The van der Waals surface area contributed by atoms with Crippen molar-refractivity contribution in [2.24, 2.45) is 0 Å². The second kappa shape index (κ2) is 10.1. The Morgan fingerprint density at radius 1 is 0.933 bits per heavy atom. The second-order valence-corrected chi connectivity index (χ2v) is 7.93. The largest absolute Gasteiger partial charge is 0.354 e. The molecule has 156 valence electrons. The van der Waals surface area contributed by atoms with Crippen molar-refractivity contribution in [3.8, 4) is 11.8 Å². The van der Waals surface area contributed by atoms with Crippen LogP contribution in [0.5, 0.6) is 0 Å². The zero-order chi connectivity index (χ0) is 21.5. The number of hydrogen-bond acceptors (Lipinski definition) is 3. The summed E-state index contributed by atoms with van der Waals surface area (Å²) in [6, 6.07) is 15.7. The molecule has 0 bridgehead atoms. The normalized spacial score (nSPS) is 15.1. The lowest BCUT2D eigenvalue weighted by Gasteiger charge is -2.32. The molecule has 5 heteroatoms. The molecule has 3 rings (SSSR count). The Bertz CT molecular complexity index is 931. The number of benzene rings is 2. The van der Waals surface area contributed by atoms with E-state index in [2.05, 4.69) is 29.1 Å². The first kappa shape index (κ1) is 21.6. The van der Waals surface area contributed by atoms with Gasteiger partial charge in [0.15, 0.2) is 0 Å². The van der Waals surface area contributed by atoms with Gasteiger partial charge in [-0.1, -0.05) is 24.0 Å². The third kappa shape index (κ3) is 6.20. The van der Waals surface area contributed by atoms with E-state index in [4.69, 9.17) is 0 Å². The van der Waals surface area contributed by atoms with Crippen LogP contribution in [-0.4, -0.2) is 60.9 Å². The van der Waals surface area contributed by atoms with Crippen molar-refractivity contribution in [1.29, 1.82) is 0 Å². The first-order valence-electron chi connectivity index (χ1n) is 10.4. The van der Waals surface area contributed by atoms with Crippen LogP contribution in [0.25, 0.3) is 0 Å². The fourth-order valence-electron chi connectivity index (χ4n) is 3.51. The number of nitrogens with one attached hydrogen (secondary N) is 1. The predicted octanol–water partition coefficient (Wildman–Crippen LogP) is 2.54. The molecule has 0 saturated carbocycles. The van der Waals surface area contributed by atoms with Crippen molar-refractivity contribution in [2.75, 3.05) is 33.2 Å². The number of amides is 2. The van der Waals surface area contributed by atoms with Crippen LogP contribution in [0, 0.1) is 11.8 Å². The Morgan fingerprint density at radius 2 is 1.47 bits per heavy atom. The standard InChI is InChI=1S/C25H29N3O2/c1-19(26-20(2)29)18-23-8-6-21(7-9-23)4-5-22-10-12-24(13-11-22)25(30)28-16-14-27(3)15-17-28/h6-13,19H,14-18H2,1-3H3,(H,26,29). The van der Waals surface area contributed by atoms with Gasteiger partial charge in [0.05, 0.1) is 0 Å². The Morgan fingerprint density at radius 3 is 2.00 bits per heavy atom. The monoisotopic (exact) mass is 403 g/mol. The minimum atomic E-state index is -0.0127. The van der Waals surface area contributed by atoms with Crippen molar-refractivity contribution in [2.45, 2.75) is 26.3 Å². The van der Waals surface area contributed by atoms with E-state index in [9.17, 15) is 9.59 Å². The van der Waals surface area contributed by atoms with Gasteiger partial charge in [-0.05, 0) is 62.4 Å². The van der Waals surface area contributed by atoms with Crippen LogP contribution < -0.4 is 5.32 Å². The maximum atomic E-state index is 12.6. The minimum Gasteiger partial charge on any atom is -0.354 e. The van der Waals surface area contributed by atoms with E-state index >= 15 is 0 Å². The molecule has 2 aromatic carbocycles. The van der Waals surface area contributed by atoms with E-state index in [0.29, 0.717) is 5.56 Å². The molecule has 1 atom stereocenters. The molecule has 0 aliphatic carbocycles. The molecule has 2 amide bonds. The maximum Gasteiger partial charge on any atom is 0.253 e. The van der Waals surface area contributed by atoms with E-state index in [1.165, 1.54) is 6.92 Å². The zero-order valence-corrected chi connectivity index (χ0v) is 17.9. The lowest BCUT2D eigenvalue weighted by Crippen LogP contribution is -2.47. The Balaban J connectivity index is 1.58. The Labute approximate surface area is 179 Å². The van der Waals surface area contributed by atoms with Crippen molar-refractivity contribution in [3.63, 3.8) is 0 Å². The molecule has 1 unspecified atom stereocenters. The number of rotatable bonds is 4. The van der Waals surface area contributed by atoms with Crippen LogP contribution in [0.4, 0.5) is 0 Å². The molecule has 0 aromatic heterocycles. The summed E-state index contributed by atoms with van der Waals surface area (Å²) < 4.78 is 0. The molecular weight excluding hydrogens is 374 g/mol. The van der Waals surface area contributed by atoms with Gasteiger partial charge in [0.1, 0.15) is 0 Å². The zero-order valence-electron chi connectivity index (χ0n) is 17.9. The molecule has 1 heterocycles. The number of carbonyl (C=O) groups is 2. The predicted molar refractivity (Wildman–Crippen MR) is 119 cm³/mol. The van der Waals surface area contributed by atoms with E-state index in [-0.39, 0.29) is 17.9 Å². The van der Waals surface area contributed by atoms with Crippen LogP contribution in [0.15, 0.2) is 48.5 Å². The van der Waals surface area contributed by atoms with Gasteiger partial charge in [-0.2, -0.15) is 0 Å². The fourth-order valence-corrected chi connectivity index (χ4v) is 3.51. The summed E-state index contributed by atoms with van der Waals surface area (Å²) in [6.45, 7) is 6.91. The van der Waals surface area contributed by atoms with Gasteiger partial charge >= 0.3 is 0 Å². The van der Waals surface area contributed by atoms with E-state index in [1.807, 2.05) is 60.4 Å². The highest BCUT2D eigenvalue weighted by Crippen LogP contribution is 2.10. The molecular formula is C25H29N3O2. The number of carbonyl (C=O) groups excluding carboxylic acids is 2. The Hall–Kier alpha value is -3.10. The summed E-state index contributed by atoms with van der Waals surface area (Å²) in [4.78, 5) is 27.9. The summed E-state index contributed by atoms with van der Waals surface area (Å²) in [5, 5.41) is 2.89. The molecule has 0 spiro atoms. The minimum absolute atomic E-state index is 0.0127. The average Bonchev–Trinajstić information content (AvgIpc) is 2.73. The number of nitrogens with zero attached hydrogens (tertiary/aromatic N) is 2. The van der Waals surface area contributed by atoms with Gasteiger partial charge in [0.25, 0.3) is 5.91 Å². The van der Waals surface area contributed by atoms with Gasteiger partial charge in [-0.25, -0.2) is 0 Å². The van der Waals surface area contributed by atoms with Crippen molar-refractivity contribution < 1.29 is 9.59 Å². The van der Waals surface area contributed by atoms with Crippen molar-refractivity contribution >= 4 is 11.8 Å². The third-order valence-electron chi connectivity index (χ3n) is 5.22. The van der Waals surface area contributed by atoms with Gasteiger partial charge in [0.2, 0.25) is 5.91 Å². The highest BCUT2D eigenvalue weighted by atomic mass is 16.2. The summed E-state index contributed by atoms with van der Waals surface area (Å²) >= 11 is 0. The molecule has 1 aliphatic heterocycles. The molecule has 1 aliphatic rings. The molecule has 1 fully saturated rings. The van der Waals surface area contributed by atoms with Crippen molar-refractivity contribution in [3.05, 3.63) is 70.8 Å². The van der Waals surface area contributed by atoms with Crippen molar-refractivity contribution in [1.82, 2.24) is 15.1 Å². The summed E-state index contributed by atoms with van der Waals surface area (Å²) in [5.74, 6) is 6.41. The maximum absolute atomic E-state index is 12.6. The van der Waals surface area contributed by atoms with Crippen LogP contribution >= 0.6 is 0 Å². The Kier molecular flexibility index (Phi) is 7.26. The molecule has 0 radical (unpaired) electrons. The lowest BCUT2D eigenvalue weighted by atomic mass is 10.0.